The Morgan fingerprint density at radius 2 is 2.07 bits per heavy atom. The maximum Gasteiger partial charge on any atom is 0.119 e. The van der Waals surface area contributed by atoms with Crippen LogP contribution in [0.5, 0.6) is 5.75 Å². The molecule has 0 unspecified atom stereocenters. The number of rotatable bonds is 6. The van der Waals surface area contributed by atoms with E-state index in [0.29, 0.717) is 6.61 Å². The minimum absolute atomic E-state index is 0.708. The van der Waals surface area contributed by atoms with E-state index in [-0.39, 0.29) is 0 Å². The zero-order chi connectivity index (χ0) is 10.9. The number of ether oxygens (including phenoxy) is 1. The highest BCUT2D eigenvalue weighted by Crippen LogP contribution is 2.11. The lowest BCUT2D eigenvalue weighted by atomic mass is 10.2. The number of hydrogen-bond acceptors (Lipinski definition) is 2. The van der Waals surface area contributed by atoms with Gasteiger partial charge in [0.15, 0.2) is 0 Å². The van der Waals surface area contributed by atoms with Gasteiger partial charge in [-0.3, -0.25) is 0 Å². The first-order chi connectivity index (χ1) is 7.36. The number of terminal acetylenes is 1. The fourth-order valence-electron chi connectivity index (χ4n) is 1.26. The van der Waals surface area contributed by atoms with Gasteiger partial charge in [-0.1, -0.05) is 12.1 Å². The summed E-state index contributed by atoms with van der Waals surface area (Å²) >= 11 is 0. The summed E-state index contributed by atoms with van der Waals surface area (Å²) in [5.41, 5.74) is 1.25. The van der Waals surface area contributed by atoms with Crippen LogP contribution in [0.25, 0.3) is 0 Å². The molecule has 2 nitrogen and oxygen atoms in total. The largest absolute Gasteiger partial charge is 0.494 e. The van der Waals surface area contributed by atoms with E-state index in [1.165, 1.54) is 5.56 Å². The van der Waals surface area contributed by atoms with Gasteiger partial charge in [-0.05, 0) is 24.6 Å². The van der Waals surface area contributed by atoms with Crippen LogP contribution in [0.4, 0.5) is 0 Å². The Kier molecular flexibility index (Phi) is 5.35. The first-order valence-corrected chi connectivity index (χ1v) is 5.22. The minimum atomic E-state index is 0.708. The van der Waals surface area contributed by atoms with Crippen molar-refractivity contribution in [3.63, 3.8) is 0 Å². The van der Waals surface area contributed by atoms with Gasteiger partial charge in [0.2, 0.25) is 0 Å². The Balaban J connectivity index is 2.33. The van der Waals surface area contributed by atoms with Crippen LogP contribution in [0, 0.1) is 12.3 Å². The topological polar surface area (TPSA) is 21.3 Å². The molecule has 0 aromatic heterocycles. The number of benzene rings is 1. The van der Waals surface area contributed by atoms with Crippen LogP contribution in [-0.2, 0) is 6.54 Å². The smallest absolute Gasteiger partial charge is 0.119 e. The lowest BCUT2D eigenvalue weighted by Gasteiger charge is -2.05. The van der Waals surface area contributed by atoms with Crippen LogP contribution >= 0.6 is 0 Å². The van der Waals surface area contributed by atoms with Crippen LogP contribution in [0.1, 0.15) is 18.9 Å². The molecule has 15 heavy (non-hydrogen) atoms. The maximum absolute atomic E-state index is 5.36. The third-order valence-corrected chi connectivity index (χ3v) is 2.01. The van der Waals surface area contributed by atoms with Gasteiger partial charge in [0.1, 0.15) is 5.75 Å². The lowest BCUT2D eigenvalue weighted by molar-refractivity contribution is 0.340. The fourth-order valence-corrected chi connectivity index (χ4v) is 1.26. The van der Waals surface area contributed by atoms with E-state index in [2.05, 4.69) is 23.4 Å². The molecule has 1 aromatic carbocycles. The summed E-state index contributed by atoms with van der Waals surface area (Å²) in [7, 11) is 0. The van der Waals surface area contributed by atoms with Crippen molar-refractivity contribution in [2.75, 3.05) is 13.2 Å². The molecule has 0 heterocycles. The summed E-state index contributed by atoms with van der Waals surface area (Å²) in [6.07, 6.45) is 5.93. The van der Waals surface area contributed by atoms with Crippen molar-refractivity contribution in [3.8, 4) is 18.1 Å². The maximum atomic E-state index is 5.36. The van der Waals surface area contributed by atoms with E-state index in [4.69, 9.17) is 11.2 Å². The third-order valence-electron chi connectivity index (χ3n) is 2.01. The van der Waals surface area contributed by atoms with Crippen LogP contribution in [0.3, 0.4) is 0 Å². The number of hydrogen-bond donors (Lipinski definition) is 1. The monoisotopic (exact) mass is 203 g/mol. The average molecular weight is 203 g/mol. The molecule has 0 aliphatic carbocycles. The molecule has 0 amide bonds. The van der Waals surface area contributed by atoms with Crippen LogP contribution in [-0.4, -0.2) is 13.2 Å². The normalized spacial score (nSPS) is 9.60. The van der Waals surface area contributed by atoms with Crippen molar-refractivity contribution in [2.45, 2.75) is 19.9 Å². The molecular weight excluding hydrogens is 186 g/mol. The second-order valence-corrected chi connectivity index (χ2v) is 3.21. The van der Waals surface area contributed by atoms with E-state index in [9.17, 15) is 0 Å². The molecule has 1 N–H and O–H groups in total. The van der Waals surface area contributed by atoms with Gasteiger partial charge in [0.25, 0.3) is 0 Å². The summed E-state index contributed by atoms with van der Waals surface area (Å²) in [5, 5.41) is 3.27. The third kappa shape index (κ3) is 4.53. The van der Waals surface area contributed by atoms with Gasteiger partial charge >= 0.3 is 0 Å². The Morgan fingerprint density at radius 3 is 2.67 bits per heavy atom. The van der Waals surface area contributed by atoms with Crippen LogP contribution < -0.4 is 10.1 Å². The molecule has 0 aliphatic rings. The molecular formula is C13H17NO. The molecule has 0 bridgehead atoms. The van der Waals surface area contributed by atoms with Gasteiger partial charge in [0, 0.05) is 19.5 Å². The van der Waals surface area contributed by atoms with E-state index < -0.39 is 0 Å². The molecule has 80 valence electrons. The van der Waals surface area contributed by atoms with Crippen molar-refractivity contribution in [3.05, 3.63) is 29.8 Å². The zero-order valence-electron chi connectivity index (χ0n) is 9.12. The SMILES string of the molecule is C#CCCNCc1ccc(OCC)cc1. The average Bonchev–Trinajstić information content (AvgIpc) is 2.27. The quantitative estimate of drug-likeness (QED) is 0.565. The Morgan fingerprint density at radius 1 is 1.33 bits per heavy atom. The second-order valence-electron chi connectivity index (χ2n) is 3.21. The standard InChI is InChI=1S/C13H17NO/c1-3-5-10-14-11-12-6-8-13(9-7-12)15-4-2/h1,6-9,14H,4-5,10-11H2,2H3. The minimum Gasteiger partial charge on any atom is -0.494 e. The predicted octanol–water partition coefficient (Wildman–Crippen LogP) is 2.20. The molecule has 0 radical (unpaired) electrons. The van der Waals surface area contributed by atoms with Crippen molar-refractivity contribution >= 4 is 0 Å². The fraction of sp³-hybridized carbons (Fsp3) is 0.385. The summed E-state index contributed by atoms with van der Waals surface area (Å²) in [5.74, 6) is 3.52. The Labute approximate surface area is 91.6 Å². The predicted molar refractivity (Wildman–Crippen MR) is 62.8 cm³/mol. The van der Waals surface area contributed by atoms with Crippen molar-refractivity contribution in [1.29, 1.82) is 0 Å². The van der Waals surface area contributed by atoms with Crippen molar-refractivity contribution < 1.29 is 4.74 Å². The first-order valence-electron chi connectivity index (χ1n) is 5.22. The highest BCUT2D eigenvalue weighted by atomic mass is 16.5. The van der Waals surface area contributed by atoms with Gasteiger partial charge in [-0.25, -0.2) is 0 Å². The Hall–Kier alpha value is -1.46. The van der Waals surface area contributed by atoms with Crippen LogP contribution in [0.2, 0.25) is 0 Å². The number of nitrogens with one attached hydrogen (secondary N) is 1. The highest BCUT2D eigenvalue weighted by Gasteiger charge is 1.94. The first kappa shape index (κ1) is 11.6. The highest BCUT2D eigenvalue weighted by molar-refractivity contribution is 5.27. The Bertz CT molecular complexity index is 310. The van der Waals surface area contributed by atoms with E-state index in [1.54, 1.807) is 0 Å². The summed E-state index contributed by atoms with van der Waals surface area (Å²) in [6, 6.07) is 8.10. The molecule has 0 saturated heterocycles. The van der Waals surface area contributed by atoms with Gasteiger partial charge < -0.3 is 10.1 Å². The van der Waals surface area contributed by atoms with E-state index >= 15 is 0 Å². The van der Waals surface area contributed by atoms with E-state index in [0.717, 1.165) is 25.3 Å². The summed E-state index contributed by atoms with van der Waals surface area (Å²) in [6.45, 7) is 4.41. The molecule has 1 rings (SSSR count). The lowest BCUT2D eigenvalue weighted by Crippen LogP contribution is -2.13. The van der Waals surface area contributed by atoms with Gasteiger partial charge in [0.05, 0.1) is 6.61 Å². The second kappa shape index (κ2) is 6.92. The van der Waals surface area contributed by atoms with Crippen molar-refractivity contribution in [1.82, 2.24) is 5.32 Å². The molecule has 0 spiro atoms. The van der Waals surface area contributed by atoms with Gasteiger partial charge in [-0.15, -0.1) is 12.3 Å². The van der Waals surface area contributed by atoms with Gasteiger partial charge in [-0.2, -0.15) is 0 Å². The molecule has 1 aromatic rings. The zero-order valence-corrected chi connectivity index (χ0v) is 9.12. The molecule has 0 fully saturated rings. The molecule has 0 saturated carbocycles. The van der Waals surface area contributed by atoms with Crippen molar-refractivity contribution in [2.24, 2.45) is 0 Å². The summed E-state index contributed by atoms with van der Waals surface area (Å²) < 4.78 is 5.36. The molecule has 0 atom stereocenters. The van der Waals surface area contributed by atoms with Crippen LogP contribution in [0.15, 0.2) is 24.3 Å². The molecule has 0 aliphatic heterocycles. The summed E-state index contributed by atoms with van der Waals surface area (Å²) in [4.78, 5) is 0. The molecule has 2 heteroatoms. The van der Waals surface area contributed by atoms with E-state index in [1.807, 2.05) is 19.1 Å².